The van der Waals surface area contributed by atoms with E-state index >= 15 is 0 Å². The van der Waals surface area contributed by atoms with Gasteiger partial charge in [-0.05, 0) is 49.4 Å². The Hall–Kier alpha value is -3.08. The number of hydrogen-bond acceptors (Lipinski definition) is 6. The minimum Gasteiger partial charge on any atom is -0.298 e. The Morgan fingerprint density at radius 2 is 1.91 bits per heavy atom. The molecule has 172 valence electrons. The number of benzene rings is 2. The molecule has 0 aliphatic rings. The number of hydrogen-bond donors (Lipinski definition) is 1. The van der Waals surface area contributed by atoms with Crippen LogP contribution in [-0.4, -0.2) is 31.6 Å². The van der Waals surface area contributed by atoms with Crippen LogP contribution >= 0.6 is 22.9 Å². The number of carbonyl (C=O) groups is 2. The van der Waals surface area contributed by atoms with Crippen molar-refractivity contribution in [2.24, 2.45) is 0 Å². The molecule has 3 aromatic rings. The first-order chi connectivity index (χ1) is 15.5. The van der Waals surface area contributed by atoms with Crippen LogP contribution < -0.4 is 9.62 Å². The molecule has 1 N–H and O–H groups in total. The van der Waals surface area contributed by atoms with Crippen LogP contribution in [0.5, 0.6) is 0 Å². The summed E-state index contributed by atoms with van der Waals surface area (Å²) in [6.07, 6.45) is 1.38. The molecule has 3 rings (SSSR count). The van der Waals surface area contributed by atoms with Crippen LogP contribution in [0, 0.1) is 12.7 Å². The Bertz CT molecular complexity index is 1340. The molecule has 0 fully saturated rings. The molecular formula is C22H19ClFN3O4S2. The summed E-state index contributed by atoms with van der Waals surface area (Å²) < 4.78 is 41.1. The molecule has 0 saturated carbocycles. The average molecular weight is 508 g/mol. The molecule has 0 atom stereocenters. The van der Waals surface area contributed by atoms with Crippen molar-refractivity contribution in [3.8, 4) is 0 Å². The standard InChI is InChI=1S/C22H19ClFN3O4S2/c1-4-11-27(17-8-6-16(24)7-9-17)33(30,31)19-12-15(5-10-18(19)23)21(29)26-22-25-13(2)20(32-22)14(3)28/h4-10,12H,1,11H2,2-3H3,(H,25,26,29). The monoisotopic (exact) mass is 507 g/mol. The Morgan fingerprint density at radius 1 is 1.24 bits per heavy atom. The summed E-state index contributed by atoms with van der Waals surface area (Å²) in [4.78, 5) is 28.7. The van der Waals surface area contributed by atoms with Crippen LogP contribution in [0.25, 0.3) is 0 Å². The van der Waals surface area contributed by atoms with Crippen molar-refractivity contribution in [3.05, 3.63) is 82.1 Å². The lowest BCUT2D eigenvalue weighted by atomic mass is 10.2. The summed E-state index contributed by atoms with van der Waals surface area (Å²) in [7, 11) is -4.23. The van der Waals surface area contributed by atoms with Crippen LogP contribution in [-0.2, 0) is 10.0 Å². The van der Waals surface area contributed by atoms with E-state index in [1.54, 1.807) is 6.92 Å². The Labute approximate surface area is 199 Å². The molecule has 1 heterocycles. The predicted octanol–water partition coefficient (Wildman–Crippen LogP) is 5.08. The predicted molar refractivity (Wildman–Crippen MR) is 127 cm³/mol. The van der Waals surface area contributed by atoms with E-state index in [9.17, 15) is 22.4 Å². The number of aryl methyl sites for hydroxylation is 1. The maximum absolute atomic E-state index is 13.4. The fourth-order valence-electron chi connectivity index (χ4n) is 2.97. The van der Waals surface area contributed by atoms with Crippen molar-refractivity contribution >= 4 is 55.5 Å². The third kappa shape index (κ3) is 5.29. The van der Waals surface area contributed by atoms with Gasteiger partial charge in [-0.3, -0.25) is 19.2 Å². The molecule has 1 amide bonds. The van der Waals surface area contributed by atoms with Crippen LogP contribution in [0.4, 0.5) is 15.2 Å². The van der Waals surface area contributed by atoms with E-state index in [-0.39, 0.29) is 38.6 Å². The zero-order chi connectivity index (χ0) is 24.3. The molecule has 0 aliphatic carbocycles. The van der Waals surface area contributed by atoms with Gasteiger partial charge in [0.2, 0.25) is 0 Å². The first-order valence-electron chi connectivity index (χ1n) is 9.53. The van der Waals surface area contributed by atoms with Crippen molar-refractivity contribution in [1.82, 2.24) is 4.98 Å². The first-order valence-corrected chi connectivity index (χ1v) is 12.2. The minimum atomic E-state index is -4.23. The summed E-state index contributed by atoms with van der Waals surface area (Å²) in [6, 6.07) is 8.73. The third-order valence-electron chi connectivity index (χ3n) is 4.51. The molecule has 0 unspecified atom stereocenters. The largest absolute Gasteiger partial charge is 0.298 e. The topological polar surface area (TPSA) is 96.4 Å². The van der Waals surface area contributed by atoms with E-state index in [0.29, 0.717) is 10.6 Å². The number of anilines is 2. The number of aromatic nitrogens is 1. The third-order valence-corrected chi connectivity index (χ3v) is 7.96. The lowest BCUT2D eigenvalue weighted by molar-refractivity contribution is 0.101. The second kappa shape index (κ2) is 9.82. The zero-order valence-corrected chi connectivity index (χ0v) is 20.0. The van der Waals surface area contributed by atoms with Gasteiger partial charge < -0.3 is 0 Å². The average Bonchev–Trinajstić information content (AvgIpc) is 3.13. The quantitative estimate of drug-likeness (QED) is 0.339. The van der Waals surface area contributed by atoms with Gasteiger partial charge in [0.15, 0.2) is 10.9 Å². The second-order valence-corrected chi connectivity index (χ2v) is 10.1. The highest BCUT2D eigenvalue weighted by molar-refractivity contribution is 7.93. The number of ketones is 1. The van der Waals surface area contributed by atoms with Crippen molar-refractivity contribution in [2.75, 3.05) is 16.2 Å². The summed E-state index contributed by atoms with van der Waals surface area (Å²) in [5.41, 5.74) is 0.714. The van der Waals surface area contributed by atoms with Crippen LogP contribution in [0.2, 0.25) is 5.02 Å². The Morgan fingerprint density at radius 3 is 2.48 bits per heavy atom. The number of carbonyl (C=O) groups excluding carboxylic acids is 2. The lowest BCUT2D eigenvalue weighted by Gasteiger charge is -2.24. The lowest BCUT2D eigenvalue weighted by Crippen LogP contribution is -2.31. The fourth-order valence-corrected chi connectivity index (χ4v) is 5.77. The first kappa shape index (κ1) is 24.6. The molecule has 0 aliphatic heterocycles. The van der Waals surface area contributed by atoms with Gasteiger partial charge in [-0.2, -0.15) is 0 Å². The number of rotatable bonds is 8. The Kier molecular flexibility index (Phi) is 7.31. The molecule has 0 radical (unpaired) electrons. The maximum atomic E-state index is 13.4. The zero-order valence-electron chi connectivity index (χ0n) is 17.6. The second-order valence-electron chi connectivity index (χ2n) is 6.89. The molecular weight excluding hydrogens is 489 g/mol. The molecule has 0 spiro atoms. The van der Waals surface area contributed by atoms with Gasteiger partial charge in [0.25, 0.3) is 15.9 Å². The SMILES string of the molecule is C=CCN(c1ccc(F)cc1)S(=O)(=O)c1cc(C(=O)Nc2nc(C)c(C(C)=O)s2)ccc1Cl. The number of amides is 1. The van der Waals surface area contributed by atoms with Crippen LogP contribution in [0.3, 0.4) is 0 Å². The van der Waals surface area contributed by atoms with Crippen LogP contribution in [0.15, 0.2) is 60.0 Å². The van der Waals surface area contributed by atoms with Gasteiger partial charge >= 0.3 is 0 Å². The van der Waals surface area contributed by atoms with Crippen molar-refractivity contribution < 1.29 is 22.4 Å². The molecule has 33 heavy (non-hydrogen) atoms. The molecule has 1 aromatic heterocycles. The van der Waals surface area contributed by atoms with E-state index in [4.69, 9.17) is 11.6 Å². The van der Waals surface area contributed by atoms with Crippen molar-refractivity contribution in [1.29, 1.82) is 0 Å². The highest BCUT2D eigenvalue weighted by atomic mass is 35.5. The number of sulfonamides is 1. The summed E-state index contributed by atoms with van der Waals surface area (Å²) in [5.74, 6) is -1.31. The van der Waals surface area contributed by atoms with E-state index < -0.39 is 21.7 Å². The smallest absolute Gasteiger partial charge is 0.266 e. The summed E-state index contributed by atoms with van der Waals surface area (Å²) in [6.45, 7) is 6.53. The molecule has 2 aromatic carbocycles. The molecule has 0 bridgehead atoms. The Balaban J connectivity index is 1.97. The normalized spacial score (nSPS) is 11.2. The van der Waals surface area contributed by atoms with Gasteiger partial charge in [0.1, 0.15) is 10.7 Å². The highest BCUT2D eigenvalue weighted by Gasteiger charge is 2.28. The van der Waals surface area contributed by atoms with E-state index in [1.807, 2.05) is 0 Å². The van der Waals surface area contributed by atoms with Gasteiger partial charge in [0.05, 0.1) is 27.8 Å². The van der Waals surface area contributed by atoms with Gasteiger partial charge in [-0.25, -0.2) is 17.8 Å². The maximum Gasteiger partial charge on any atom is 0.266 e. The van der Waals surface area contributed by atoms with Gasteiger partial charge in [-0.1, -0.05) is 29.0 Å². The fraction of sp³-hybridized carbons (Fsp3) is 0.136. The van der Waals surface area contributed by atoms with Crippen molar-refractivity contribution in [2.45, 2.75) is 18.7 Å². The van der Waals surface area contributed by atoms with E-state index in [1.165, 1.54) is 37.3 Å². The van der Waals surface area contributed by atoms with Gasteiger partial charge in [0, 0.05) is 12.5 Å². The van der Waals surface area contributed by atoms with Gasteiger partial charge in [-0.15, -0.1) is 6.58 Å². The summed E-state index contributed by atoms with van der Waals surface area (Å²) >= 11 is 7.22. The minimum absolute atomic E-state index is 0.0212. The van der Waals surface area contributed by atoms with E-state index in [2.05, 4.69) is 16.9 Å². The number of halogens is 2. The number of nitrogens with one attached hydrogen (secondary N) is 1. The number of Topliss-reactive ketones (excluding diaryl/α,β-unsaturated/α-hetero) is 1. The molecule has 0 saturated heterocycles. The van der Waals surface area contributed by atoms with Crippen LogP contribution in [0.1, 0.15) is 32.6 Å². The molecule has 11 heteroatoms. The highest BCUT2D eigenvalue weighted by Crippen LogP contribution is 2.30. The number of nitrogens with zero attached hydrogens (tertiary/aromatic N) is 2. The summed E-state index contributed by atoms with van der Waals surface area (Å²) in [5, 5.41) is 2.69. The van der Waals surface area contributed by atoms with Crippen molar-refractivity contribution in [3.63, 3.8) is 0 Å². The van der Waals surface area contributed by atoms with E-state index in [0.717, 1.165) is 33.8 Å². The molecule has 7 nitrogen and oxygen atoms in total. The number of thiazole rings is 1.